The molecule has 0 saturated carbocycles. The molecule has 25 heavy (non-hydrogen) atoms. The molecule has 0 nitrogen and oxygen atoms in total. The Labute approximate surface area is 155 Å². The third-order valence-electron chi connectivity index (χ3n) is 6.26. The molecule has 0 spiro atoms. The van der Waals surface area contributed by atoms with Gasteiger partial charge in [0.2, 0.25) is 0 Å². The Bertz CT molecular complexity index is 809. The van der Waals surface area contributed by atoms with Crippen LogP contribution in [0.15, 0.2) is 70.8 Å². The molecule has 0 saturated heterocycles. The number of aryl methyl sites for hydroxylation is 2. The van der Waals surface area contributed by atoms with Crippen molar-refractivity contribution in [2.45, 2.75) is 53.0 Å². The van der Waals surface area contributed by atoms with E-state index in [-0.39, 0.29) is 5.04 Å². The number of hydrogen-bond donors (Lipinski definition) is 0. The van der Waals surface area contributed by atoms with Crippen molar-refractivity contribution in [3.8, 4) is 0 Å². The Balaban J connectivity index is 2.10. The molecule has 2 aromatic rings. The van der Waals surface area contributed by atoms with Crippen molar-refractivity contribution in [2.24, 2.45) is 0 Å². The predicted molar refractivity (Wildman–Crippen MR) is 114 cm³/mol. The highest BCUT2D eigenvalue weighted by molar-refractivity contribution is 6.59. The van der Waals surface area contributed by atoms with Crippen LogP contribution in [0.5, 0.6) is 0 Å². The van der Waals surface area contributed by atoms with Crippen molar-refractivity contribution in [2.75, 3.05) is 0 Å². The normalized spacial score (nSPS) is 17.2. The highest BCUT2D eigenvalue weighted by atomic mass is 28.2. The minimum atomic E-state index is -0.484. The zero-order valence-electron chi connectivity index (χ0n) is 16.5. The highest BCUT2D eigenvalue weighted by Crippen LogP contribution is 2.53. The smallest absolute Gasteiger partial charge is 0.0656 e. The van der Waals surface area contributed by atoms with Crippen LogP contribution in [0.2, 0.25) is 5.04 Å². The van der Waals surface area contributed by atoms with Gasteiger partial charge in [-0.25, -0.2) is 0 Å². The first-order chi connectivity index (χ1) is 11.8. The molecule has 3 rings (SSSR count). The van der Waals surface area contributed by atoms with E-state index in [9.17, 15) is 0 Å². The van der Waals surface area contributed by atoms with E-state index >= 15 is 0 Å². The van der Waals surface area contributed by atoms with Crippen LogP contribution in [0.25, 0.3) is 0 Å². The highest BCUT2D eigenvalue weighted by Gasteiger charge is 2.40. The first-order valence-electron chi connectivity index (χ1n) is 9.31. The van der Waals surface area contributed by atoms with E-state index in [0.717, 1.165) is 6.42 Å². The van der Waals surface area contributed by atoms with Crippen molar-refractivity contribution >= 4 is 14.7 Å². The Morgan fingerprint density at radius 3 is 1.76 bits per heavy atom. The summed E-state index contributed by atoms with van der Waals surface area (Å²) in [5.41, 5.74) is 10.5. The van der Waals surface area contributed by atoms with Crippen molar-refractivity contribution in [3.05, 3.63) is 87.5 Å². The van der Waals surface area contributed by atoms with Gasteiger partial charge in [-0.2, -0.15) is 0 Å². The zero-order chi connectivity index (χ0) is 18.2. The van der Waals surface area contributed by atoms with E-state index in [1.54, 1.807) is 16.3 Å². The molecule has 0 bridgehead atoms. The Hall–Kier alpha value is -1.86. The van der Waals surface area contributed by atoms with Crippen LogP contribution < -0.4 is 5.19 Å². The molecule has 0 radical (unpaired) electrons. The van der Waals surface area contributed by atoms with Crippen molar-refractivity contribution < 1.29 is 0 Å². The lowest BCUT2D eigenvalue weighted by molar-refractivity contribution is 0.735. The van der Waals surface area contributed by atoms with E-state index in [1.807, 2.05) is 0 Å². The van der Waals surface area contributed by atoms with Gasteiger partial charge < -0.3 is 0 Å². The van der Waals surface area contributed by atoms with E-state index < -0.39 is 9.52 Å². The second-order valence-electron chi connectivity index (χ2n) is 7.92. The molecule has 1 heteroatoms. The van der Waals surface area contributed by atoms with Crippen molar-refractivity contribution in [1.29, 1.82) is 0 Å². The maximum absolute atomic E-state index is 2.39. The molecule has 0 fully saturated rings. The molecule has 0 atom stereocenters. The van der Waals surface area contributed by atoms with Gasteiger partial charge in [0.1, 0.15) is 0 Å². The summed E-state index contributed by atoms with van der Waals surface area (Å²) in [6, 6.07) is 18.2. The lowest BCUT2D eigenvalue weighted by atomic mass is 9.87. The van der Waals surface area contributed by atoms with E-state index in [1.165, 1.54) is 27.8 Å². The molecule has 1 aliphatic rings. The lowest BCUT2D eigenvalue weighted by Crippen LogP contribution is -2.33. The summed E-state index contributed by atoms with van der Waals surface area (Å²) in [6.45, 7) is 13.8. The molecular weight excluding hydrogens is 316 g/mol. The van der Waals surface area contributed by atoms with E-state index in [0.29, 0.717) is 0 Å². The fourth-order valence-corrected chi connectivity index (χ4v) is 7.30. The lowest BCUT2D eigenvalue weighted by Gasteiger charge is -2.34. The van der Waals surface area contributed by atoms with E-state index in [4.69, 9.17) is 0 Å². The molecule has 2 aromatic carbocycles. The number of rotatable bonds is 4. The second kappa shape index (κ2) is 6.80. The van der Waals surface area contributed by atoms with E-state index in [2.05, 4.69) is 90.1 Å². The molecule has 0 N–H and O–H groups in total. The Morgan fingerprint density at radius 2 is 1.24 bits per heavy atom. The van der Waals surface area contributed by atoms with Gasteiger partial charge in [0.05, 0.1) is 9.52 Å². The average Bonchev–Trinajstić information content (AvgIpc) is 2.71. The first kappa shape index (κ1) is 17.9. The average molecular weight is 347 g/mol. The fraction of sp³-hybridized carbons (Fsp3) is 0.333. The molecule has 0 aliphatic heterocycles. The van der Waals surface area contributed by atoms with Crippen molar-refractivity contribution in [3.63, 3.8) is 0 Å². The summed E-state index contributed by atoms with van der Waals surface area (Å²) in [5, 5.41) is 1.81. The van der Waals surface area contributed by atoms with Crippen LogP contribution in [0, 0.1) is 13.8 Å². The molecule has 0 aromatic heterocycles. The Morgan fingerprint density at radius 1 is 0.720 bits per heavy atom. The summed E-state index contributed by atoms with van der Waals surface area (Å²) < 4.78 is 0. The minimum Gasteiger partial charge on any atom is -0.0656 e. The molecule has 1 aliphatic carbocycles. The number of hydrogen-bond acceptors (Lipinski definition) is 0. The second-order valence-corrected chi connectivity index (χ2v) is 10.3. The number of benzene rings is 2. The molecular formula is C24H30Si. The summed E-state index contributed by atoms with van der Waals surface area (Å²) >= 11 is 0. The standard InChI is InChI=1S/C24H30Si/c1-16-12-17(2)14-22(13-16)15-24(25-23-10-8-7-9-11-23)20(5)18(3)19(4)21(24)6/h7-14H,15,25H2,1-6H3. The van der Waals surface area contributed by atoms with Gasteiger partial charge >= 0.3 is 0 Å². The molecule has 0 amide bonds. The Kier molecular flexibility index (Phi) is 4.88. The van der Waals surface area contributed by atoms with Crippen LogP contribution in [0.1, 0.15) is 44.4 Å². The topological polar surface area (TPSA) is 0 Å². The van der Waals surface area contributed by atoms with Crippen LogP contribution >= 0.6 is 0 Å². The predicted octanol–water partition coefficient (Wildman–Crippen LogP) is 5.19. The largest absolute Gasteiger partial charge is 0.0713 e. The maximum Gasteiger partial charge on any atom is 0.0713 e. The summed E-state index contributed by atoms with van der Waals surface area (Å²) in [6.07, 6.45) is 1.14. The first-order valence-corrected chi connectivity index (χ1v) is 10.7. The molecule has 0 unspecified atom stereocenters. The van der Waals surface area contributed by atoms with Crippen LogP contribution in [-0.2, 0) is 6.42 Å². The van der Waals surface area contributed by atoms with Gasteiger partial charge in [0.15, 0.2) is 0 Å². The van der Waals surface area contributed by atoms with Gasteiger partial charge in [-0.15, -0.1) is 0 Å². The van der Waals surface area contributed by atoms with Gasteiger partial charge in [0, 0.05) is 5.04 Å². The SMILES string of the molecule is CC1=C(C)C(Cc2cc(C)cc(C)c2)([SiH2]c2ccccc2)C(C)=C1C. The summed E-state index contributed by atoms with van der Waals surface area (Å²) in [4.78, 5) is 0. The summed E-state index contributed by atoms with van der Waals surface area (Å²) in [7, 11) is -0.484. The quantitative estimate of drug-likeness (QED) is 0.669. The third kappa shape index (κ3) is 3.30. The molecule has 130 valence electrons. The van der Waals surface area contributed by atoms with Gasteiger partial charge in [-0.05, 0) is 64.7 Å². The van der Waals surface area contributed by atoms with Crippen LogP contribution in [0.3, 0.4) is 0 Å². The minimum absolute atomic E-state index is 0.246. The summed E-state index contributed by atoms with van der Waals surface area (Å²) in [5.74, 6) is 0. The van der Waals surface area contributed by atoms with Gasteiger partial charge in [0.25, 0.3) is 0 Å². The number of allylic oxidation sites excluding steroid dienone is 4. The maximum atomic E-state index is 2.39. The monoisotopic (exact) mass is 346 g/mol. The third-order valence-corrected chi connectivity index (χ3v) is 9.05. The fourth-order valence-electron chi connectivity index (χ4n) is 4.62. The molecule has 0 heterocycles. The van der Waals surface area contributed by atoms with Gasteiger partial charge in [-0.1, -0.05) is 76.0 Å². The van der Waals surface area contributed by atoms with Gasteiger partial charge in [-0.3, -0.25) is 0 Å². The van der Waals surface area contributed by atoms with Crippen molar-refractivity contribution in [1.82, 2.24) is 0 Å². The van der Waals surface area contributed by atoms with Crippen LogP contribution in [0.4, 0.5) is 0 Å². The van der Waals surface area contributed by atoms with Crippen LogP contribution in [-0.4, -0.2) is 9.52 Å². The zero-order valence-corrected chi connectivity index (χ0v) is 17.9.